The van der Waals surface area contributed by atoms with Crippen LogP contribution in [-0.4, -0.2) is 28.8 Å². The summed E-state index contributed by atoms with van der Waals surface area (Å²) in [6, 6.07) is 11.8. The fourth-order valence-electron chi connectivity index (χ4n) is 2.31. The molecule has 2 aromatic carbocycles. The number of carbonyl (C=O) groups is 3. The van der Waals surface area contributed by atoms with Crippen LogP contribution in [0.3, 0.4) is 0 Å². The van der Waals surface area contributed by atoms with E-state index in [1.165, 1.54) is 0 Å². The lowest BCUT2D eigenvalue weighted by Crippen LogP contribution is -2.41. The van der Waals surface area contributed by atoms with Crippen molar-refractivity contribution in [2.45, 2.75) is 32.2 Å². The number of aliphatic carboxylic acids is 1. The summed E-state index contributed by atoms with van der Waals surface area (Å²) in [5.74, 6) is -1.61. The zero-order valence-corrected chi connectivity index (χ0v) is 12.9. The lowest BCUT2D eigenvalue weighted by atomic mass is 10.0. The highest BCUT2D eigenvalue weighted by Gasteiger charge is 2.21. The molecule has 23 heavy (non-hydrogen) atoms. The molecule has 0 aromatic heterocycles. The summed E-state index contributed by atoms with van der Waals surface area (Å²) in [5.41, 5.74) is 0.400. The molecular weight excluding hydrogens is 294 g/mol. The van der Waals surface area contributed by atoms with Crippen LogP contribution in [0.1, 0.15) is 36.5 Å². The molecule has 5 nitrogen and oxygen atoms in total. The van der Waals surface area contributed by atoms with E-state index in [-0.39, 0.29) is 18.6 Å². The first kappa shape index (κ1) is 16.7. The molecule has 1 atom stereocenters. The molecule has 2 aromatic rings. The molecule has 5 heteroatoms. The van der Waals surface area contributed by atoms with Crippen molar-refractivity contribution in [2.75, 3.05) is 0 Å². The van der Waals surface area contributed by atoms with Gasteiger partial charge in [0.15, 0.2) is 0 Å². The standard InChI is InChI=1S/C18H19NO4/c1-2-15(20)9-10-16(18(22)23)19-17(21)14-8-7-12-5-3-4-6-13(12)11-14/h3-8,11,16H,2,9-10H2,1H3,(H,19,21)(H,22,23)/t16-/m1/s1. The molecule has 0 fully saturated rings. The molecule has 2 rings (SSSR count). The van der Waals surface area contributed by atoms with Crippen molar-refractivity contribution >= 4 is 28.4 Å². The van der Waals surface area contributed by atoms with E-state index in [0.717, 1.165) is 10.8 Å². The minimum atomic E-state index is -1.14. The molecule has 120 valence electrons. The predicted octanol–water partition coefficient (Wildman–Crippen LogP) is 2.78. The molecular formula is C18H19NO4. The van der Waals surface area contributed by atoms with E-state index in [1.54, 1.807) is 19.1 Å². The summed E-state index contributed by atoms with van der Waals surface area (Å²) in [5, 5.41) is 13.6. The molecule has 0 aliphatic heterocycles. The topological polar surface area (TPSA) is 83.5 Å². The Labute approximate surface area is 134 Å². The quantitative estimate of drug-likeness (QED) is 0.823. The molecule has 0 unspecified atom stereocenters. The van der Waals surface area contributed by atoms with E-state index in [1.807, 2.05) is 30.3 Å². The first-order valence-corrected chi connectivity index (χ1v) is 7.55. The number of carboxylic acids is 1. The van der Waals surface area contributed by atoms with Crippen molar-refractivity contribution in [2.24, 2.45) is 0 Å². The van der Waals surface area contributed by atoms with Gasteiger partial charge in [-0.2, -0.15) is 0 Å². The van der Waals surface area contributed by atoms with Crippen molar-refractivity contribution in [3.63, 3.8) is 0 Å². The van der Waals surface area contributed by atoms with Crippen molar-refractivity contribution in [3.05, 3.63) is 48.0 Å². The third-order valence-electron chi connectivity index (χ3n) is 3.72. The van der Waals surface area contributed by atoms with Gasteiger partial charge in [0.2, 0.25) is 0 Å². The van der Waals surface area contributed by atoms with Crippen LogP contribution in [0.15, 0.2) is 42.5 Å². The second-order valence-corrected chi connectivity index (χ2v) is 5.36. The second kappa shape index (κ2) is 7.54. The maximum Gasteiger partial charge on any atom is 0.326 e. The van der Waals surface area contributed by atoms with Crippen LogP contribution in [0.2, 0.25) is 0 Å². The van der Waals surface area contributed by atoms with Gasteiger partial charge in [0.25, 0.3) is 5.91 Å². The van der Waals surface area contributed by atoms with Gasteiger partial charge in [-0.05, 0) is 29.3 Å². The summed E-state index contributed by atoms with van der Waals surface area (Å²) in [6.45, 7) is 1.73. The molecule has 0 saturated heterocycles. The van der Waals surface area contributed by atoms with Crippen LogP contribution in [0, 0.1) is 0 Å². The van der Waals surface area contributed by atoms with Crippen LogP contribution in [0.5, 0.6) is 0 Å². The van der Waals surface area contributed by atoms with Gasteiger partial charge >= 0.3 is 5.97 Å². The lowest BCUT2D eigenvalue weighted by Gasteiger charge is -2.14. The van der Waals surface area contributed by atoms with Gasteiger partial charge in [-0.15, -0.1) is 0 Å². The van der Waals surface area contributed by atoms with Gasteiger partial charge < -0.3 is 10.4 Å². The molecule has 0 heterocycles. The summed E-state index contributed by atoms with van der Waals surface area (Å²) in [4.78, 5) is 34.8. The van der Waals surface area contributed by atoms with E-state index >= 15 is 0 Å². The number of fused-ring (bicyclic) bond motifs is 1. The molecule has 0 radical (unpaired) electrons. The zero-order chi connectivity index (χ0) is 16.8. The lowest BCUT2D eigenvalue weighted by molar-refractivity contribution is -0.139. The Morgan fingerprint density at radius 1 is 1.09 bits per heavy atom. The van der Waals surface area contributed by atoms with E-state index < -0.39 is 17.9 Å². The third kappa shape index (κ3) is 4.39. The minimum Gasteiger partial charge on any atom is -0.480 e. The van der Waals surface area contributed by atoms with E-state index in [4.69, 9.17) is 0 Å². The number of ketones is 1. The van der Waals surface area contributed by atoms with Crippen LogP contribution in [0.25, 0.3) is 10.8 Å². The van der Waals surface area contributed by atoms with Gasteiger partial charge in [-0.25, -0.2) is 4.79 Å². The number of Topliss-reactive ketones (excluding diaryl/α,β-unsaturated/α-hetero) is 1. The zero-order valence-electron chi connectivity index (χ0n) is 12.9. The summed E-state index contributed by atoms with van der Waals surface area (Å²) >= 11 is 0. The Morgan fingerprint density at radius 2 is 1.78 bits per heavy atom. The Kier molecular flexibility index (Phi) is 5.46. The highest BCUT2D eigenvalue weighted by Crippen LogP contribution is 2.16. The normalized spacial score (nSPS) is 11.9. The molecule has 0 bridgehead atoms. The third-order valence-corrected chi connectivity index (χ3v) is 3.72. The SMILES string of the molecule is CCC(=O)CC[C@@H](NC(=O)c1ccc2ccccc2c1)C(=O)O. The largest absolute Gasteiger partial charge is 0.480 e. The first-order valence-electron chi connectivity index (χ1n) is 7.55. The molecule has 0 aliphatic carbocycles. The van der Waals surface area contributed by atoms with Gasteiger partial charge in [0.05, 0.1) is 0 Å². The highest BCUT2D eigenvalue weighted by atomic mass is 16.4. The molecule has 0 aliphatic rings. The van der Waals surface area contributed by atoms with Crippen molar-refractivity contribution in [3.8, 4) is 0 Å². The summed E-state index contributed by atoms with van der Waals surface area (Å²) in [6.07, 6.45) is 0.609. The minimum absolute atomic E-state index is 0.0174. The van der Waals surface area contributed by atoms with Crippen molar-refractivity contribution < 1.29 is 19.5 Å². The summed E-state index contributed by atoms with van der Waals surface area (Å²) in [7, 11) is 0. The first-order chi connectivity index (χ1) is 11.0. The number of carboxylic acid groups (broad SMARTS) is 1. The fourth-order valence-corrected chi connectivity index (χ4v) is 2.31. The average Bonchev–Trinajstić information content (AvgIpc) is 2.57. The maximum atomic E-state index is 12.3. The number of carbonyl (C=O) groups excluding carboxylic acids is 2. The van der Waals surface area contributed by atoms with Gasteiger partial charge in [0.1, 0.15) is 11.8 Å². The van der Waals surface area contributed by atoms with Crippen LogP contribution in [0.4, 0.5) is 0 Å². The van der Waals surface area contributed by atoms with Crippen molar-refractivity contribution in [1.29, 1.82) is 0 Å². The fraction of sp³-hybridized carbons (Fsp3) is 0.278. The maximum absolute atomic E-state index is 12.3. The van der Waals surface area contributed by atoms with Gasteiger partial charge in [-0.1, -0.05) is 37.3 Å². The highest BCUT2D eigenvalue weighted by molar-refractivity contribution is 6.00. The van der Waals surface area contributed by atoms with E-state index in [0.29, 0.717) is 12.0 Å². The molecule has 0 spiro atoms. The van der Waals surface area contributed by atoms with E-state index in [9.17, 15) is 19.5 Å². The number of rotatable bonds is 7. The number of benzene rings is 2. The Balaban J connectivity index is 2.10. The summed E-state index contributed by atoms with van der Waals surface area (Å²) < 4.78 is 0. The molecule has 0 saturated carbocycles. The number of nitrogens with one attached hydrogen (secondary N) is 1. The Hall–Kier alpha value is -2.69. The van der Waals surface area contributed by atoms with Crippen molar-refractivity contribution in [1.82, 2.24) is 5.32 Å². The smallest absolute Gasteiger partial charge is 0.326 e. The molecule has 1 amide bonds. The van der Waals surface area contributed by atoms with Crippen LogP contribution in [-0.2, 0) is 9.59 Å². The number of amides is 1. The van der Waals surface area contributed by atoms with Crippen LogP contribution >= 0.6 is 0 Å². The monoisotopic (exact) mass is 313 g/mol. The number of hydrogen-bond donors (Lipinski definition) is 2. The van der Waals surface area contributed by atoms with Gasteiger partial charge in [-0.3, -0.25) is 9.59 Å². The van der Waals surface area contributed by atoms with Gasteiger partial charge in [0, 0.05) is 18.4 Å². The van der Waals surface area contributed by atoms with E-state index in [2.05, 4.69) is 5.32 Å². The Morgan fingerprint density at radius 3 is 2.43 bits per heavy atom. The molecule has 2 N–H and O–H groups in total. The average molecular weight is 313 g/mol. The van der Waals surface area contributed by atoms with Crippen LogP contribution < -0.4 is 5.32 Å². The Bertz CT molecular complexity index is 739. The number of hydrogen-bond acceptors (Lipinski definition) is 3. The predicted molar refractivity (Wildman–Crippen MR) is 87.4 cm³/mol. The second-order valence-electron chi connectivity index (χ2n) is 5.36.